The largest absolute Gasteiger partial charge is 0.341 e. The van der Waals surface area contributed by atoms with Crippen LogP contribution in [0.15, 0.2) is 0 Å². The van der Waals surface area contributed by atoms with Gasteiger partial charge in [0.25, 0.3) is 0 Å². The Morgan fingerprint density at radius 1 is 1.25 bits per heavy atom. The lowest BCUT2D eigenvalue weighted by atomic mass is 9.94. The second kappa shape index (κ2) is 6.90. The normalized spacial score (nSPS) is 33.4. The molecule has 0 saturated carbocycles. The van der Waals surface area contributed by atoms with Crippen LogP contribution in [0.1, 0.15) is 52.9 Å². The third-order valence-corrected chi connectivity index (χ3v) is 5.23. The first-order chi connectivity index (χ1) is 9.54. The first-order valence-corrected chi connectivity index (χ1v) is 8.30. The van der Waals surface area contributed by atoms with Gasteiger partial charge < -0.3 is 10.6 Å². The molecule has 2 aliphatic heterocycles. The van der Waals surface area contributed by atoms with E-state index in [1.54, 1.807) is 0 Å². The van der Waals surface area contributed by atoms with Gasteiger partial charge in [-0.2, -0.15) is 0 Å². The van der Waals surface area contributed by atoms with Crippen molar-refractivity contribution >= 4 is 5.91 Å². The number of rotatable bonds is 4. The number of hydrogen-bond acceptors (Lipinski definition) is 3. The van der Waals surface area contributed by atoms with Gasteiger partial charge in [-0.25, -0.2) is 0 Å². The quantitative estimate of drug-likeness (QED) is 0.855. The van der Waals surface area contributed by atoms with Gasteiger partial charge in [0.2, 0.25) is 5.91 Å². The van der Waals surface area contributed by atoms with E-state index >= 15 is 0 Å². The smallest absolute Gasteiger partial charge is 0.239 e. The van der Waals surface area contributed by atoms with Crippen molar-refractivity contribution in [1.29, 1.82) is 0 Å². The van der Waals surface area contributed by atoms with Gasteiger partial charge in [-0.1, -0.05) is 0 Å². The fourth-order valence-electron chi connectivity index (χ4n) is 4.11. The van der Waals surface area contributed by atoms with Gasteiger partial charge in [0, 0.05) is 25.2 Å². The van der Waals surface area contributed by atoms with Gasteiger partial charge in [-0.15, -0.1) is 0 Å². The summed E-state index contributed by atoms with van der Waals surface area (Å²) in [5, 5.41) is 0. The van der Waals surface area contributed by atoms with E-state index in [0.29, 0.717) is 23.9 Å². The van der Waals surface area contributed by atoms with E-state index in [-0.39, 0.29) is 6.04 Å². The number of nitrogens with two attached hydrogens (primary N) is 1. The number of nitrogens with zero attached hydrogens (tertiary/aromatic N) is 2. The minimum Gasteiger partial charge on any atom is -0.341 e. The lowest BCUT2D eigenvalue weighted by molar-refractivity contribution is -0.139. The maximum atomic E-state index is 12.8. The van der Waals surface area contributed by atoms with Gasteiger partial charge in [-0.05, 0) is 65.3 Å². The van der Waals surface area contributed by atoms with Crippen LogP contribution in [0.5, 0.6) is 0 Å². The molecule has 0 aromatic carbocycles. The summed E-state index contributed by atoms with van der Waals surface area (Å²) in [4.78, 5) is 17.3. The number of likely N-dealkylation sites (tertiary alicyclic amines) is 2. The third-order valence-electron chi connectivity index (χ3n) is 5.23. The topological polar surface area (TPSA) is 49.6 Å². The SMILES string of the molecule is CC1CCC(C)N1C(C)C(=O)N1CCCC(CCN)C1. The molecule has 2 N–H and O–H groups in total. The van der Waals surface area contributed by atoms with Crippen molar-refractivity contribution < 1.29 is 4.79 Å². The Balaban J connectivity index is 1.95. The van der Waals surface area contributed by atoms with Gasteiger partial charge >= 0.3 is 0 Å². The second-order valence-electron chi connectivity index (χ2n) is 6.77. The van der Waals surface area contributed by atoms with E-state index in [1.807, 2.05) is 0 Å². The molecule has 0 bridgehead atoms. The van der Waals surface area contributed by atoms with Gasteiger partial charge in [0.15, 0.2) is 0 Å². The molecule has 0 aromatic heterocycles. The average Bonchev–Trinajstić information content (AvgIpc) is 2.77. The summed E-state index contributed by atoms with van der Waals surface area (Å²) in [6.07, 6.45) is 5.85. The Kier molecular flexibility index (Phi) is 5.44. The van der Waals surface area contributed by atoms with E-state index in [1.165, 1.54) is 19.3 Å². The number of carbonyl (C=O) groups is 1. The molecule has 4 atom stereocenters. The molecule has 2 fully saturated rings. The van der Waals surface area contributed by atoms with Crippen molar-refractivity contribution in [1.82, 2.24) is 9.80 Å². The standard InChI is InChI=1S/C16H31N3O/c1-12-6-7-13(2)19(12)14(3)16(20)18-10-4-5-15(11-18)8-9-17/h12-15H,4-11,17H2,1-3H3. The van der Waals surface area contributed by atoms with Crippen LogP contribution < -0.4 is 5.73 Å². The van der Waals surface area contributed by atoms with Gasteiger partial charge in [0.1, 0.15) is 0 Å². The van der Waals surface area contributed by atoms with Crippen molar-refractivity contribution in [2.24, 2.45) is 11.7 Å². The summed E-state index contributed by atoms with van der Waals surface area (Å²) in [7, 11) is 0. The average molecular weight is 281 g/mol. The highest BCUT2D eigenvalue weighted by atomic mass is 16.2. The molecule has 4 unspecified atom stereocenters. The molecular weight excluding hydrogens is 250 g/mol. The van der Waals surface area contributed by atoms with Crippen LogP contribution in [0, 0.1) is 5.92 Å². The van der Waals surface area contributed by atoms with E-state index < -0.39 is 0 Å². The molecule has 0 spiro atoms. The van der Waals surface area contributed by atoms with E-state index in [2.05, 4.69) is 30.6 Å². The summed E-state index contributed by atoms with van der Waals surface area (Å²) in [5.41, 5.74) is 5.66. The highest BCUT2D eigenvalue weighted by Gasteiger charge is 2.36. The Morgan fingerprint density at radius 2 is 1.90 bits per heavy atom. The van der Waals surface area contributed by atoms with Crippen molar-refractivity contribution in [3.63, 3.8) is 0 Å². The van der Waals surface area contributed by atoms with Crippen LogP contribution in [-0.4, -0.2) is 53.5 Å². The highest BCUT2D eigenvalue weighted by Crippen LogP contribution is 2.28. The number of hydrogen-bond donors (Lipinski definition) is 1. The molecule has 2 saturated heterocycles. The van der Waals surface area contributed by atoms with Crippen LogP contribution >= 0.6 is 0 Å². The zero-order valence-corrected chi connectivity index (χ0v) is 13.3. The zero-order valence-electron chi connectivity index (χ0n) is 13.3. The Labute approximate surface area is 123 Å². The van der Waals surface area contributed by atoms with Crippen LogP contribution in [-0.2, 0) is 4.79 Å². The molecule has 0 aromatic rings. The van der Waals surface area contributed by atoms with Crippen molar-refractivity contribution in [2.75, 3.05) is 19.6 Å². The fourth-order valence-corrected chi connectivity index (χ4v) is 4.11. The van der Waals surface area contributed by atoms with E-state index in [0.717, 1.165) is 32.5 Å². The molecule has 4 nitrogen and oxygen atoms in total. The number of piperidine rings is 1. The van der Waals surface area contributed by atoms with Gasteiger partial charge in [0.05, 0.1) is 6.04 Å². The Hall–Kier alpha value is -0.610. The minimum atomic E-state index is 0.0270. The van der Waals surface area contributed by atoms with Gasteiger partial charge in [-0.3, -0.25) is 9.69 Å². The van der Waals surface area contributed by atoms with Crippen molar-refractivity contribution in [3.8, 4) is 0 Å². The summed E-state index contributed by atoms with van der Waals surface area (Å²) in [5.74, 6) is 0.936. The Bertz CT molecular complexity index is 322. The lowest BCUT2D eigenvalue weighted by Crippen LogP contribution is -2.52. The molecular formula is C16H31N3O. The summed E-state index contributed by atoms with van der Waals surface area (Å²) in [6.45, 7) is 9.18. The van der Waals surface area contributed by atoms with Crippen LogP contribution in [0.3, 0.4) is 0 Å². The minimum absolute atomic E-state index is 0.0270. The molecule has 116 valence electrons. The third kappa shape index (κ3) is 3.34. The number of carbonyl (C=O) groups excluding carboxylic acids is 1. The first-order valence-electron chi connectivity index (χ1n) is 8.30. The molecule has 1 amide bonds. The van der Waals surface area contributed by atoms with Crippen LogP contribution in [0.4, 0.5) is 0 Å². The predicted octanol–water partition coefficient (Wildman–Crippen LogP) is 1.84. The van der Waals surface area contributed by atoms with Crippen molar-refractivity contribution in [3.05, 3.63) is 0 Å². The molecule has 0 radical (unpaired) electrons. The van der Waals surface area contributed by atoms with Crippen molar-refractivity contribution in [2.45, 2.75) is 71.0 Å². The second-order valence-corrected chi connectivity index (χ2v) is 6.77. The summed E-state index contributed by atoms with van der Waals surface area (Å²) in [6, 6.07) is 1.10. The molecule has 20 heavy (non-hydrogen) atoms. The Morgan fingerprint density at radius 3 is 2.50 bits per heavy atom. The predicted molar refractivity (Wildman–Crippen MR) is 82.4 cm³/mol. The molecule has 2 aliphatic rings. The highest BCUT2D eigenvalue weighted by molar-refractivity contribution is 5.81. The van der Waals surface area contributed by atoms with Crippen LogP contribution in [0.2, 0.25) is 0 Å². The summed E-state index contributed by atoms with van der Waals surface area (Å²) >= 11 is 0. The molecule has 4 heteroatoms. The molecule has 0 aliphatic carbocycles. The lowest BCUT2D eigenvalue weighted by Gasteiger charge is -2.38. The first kappa shape index (κ1) is 15.8. The number of amides is 1. The van der Waals surface area contributed by atoms with E-state index in [4.69, 9.17) is 5.73 Å². The summed E-state index contributed by atoms with van der Waals surface area (Å²) < 4.78 is 0. The maximum Gasteiger partial charge on any atom is 0.239 e. The van der Waals surface area contributed by atoms with E-state index in [9.17, 15) is 4.79 Å². The van der Waals surface area contributed by atoms with Crippen LogP contribution in [0.25, 0.3) is 0 Å². The molecule has 2 heterocycles. The molecule has 2 rings (SSSR count). The fraction of sp³-hybridized carbons (Fsp3) is 0.938. The monoisotopic (exact) mass is 281 g/mol. The zero-order chi connectivity index (χ0) is 14.7. The maximum absolute atomic E-state index is 12.8.